The molecule has 1 aliphatic heterocycles. The number of amides is 2. The van der Waals surface area contributed by atoms with Gasteiger partial charge in [-0.15, -0.1) is 11.8 Å². The van der Waals surface area contributed by atoms with E-state index in [-0.39, 0.29) is 6.61 Å². The summed E-state index contributed by atoms with van der Waals surface area (Å²) in [6.07, 6.45) is -1.84. The third kappa shape index (κ3) is 8.72. The van der Waals surface area contributed by atoms with Gasteiger partial charge in [-0.1, -0.05) is 75.4 Å². The fraction of sp³-hybridized carbons (Fsp3) is 0.289. The van der Waals surface area contributed by atoms with Crippen molar-refractivity contribution in [1.29, 1.82) is 0 Å². The van der Waals surface area contributed by atoms with Crippen LogP contribution in [0.25, 0.3) is 0 Å². The number of ether oxygens (including phenoxy) is 3. The molecule has 4 aromatic rings. The first-order chi connectivity index (χ1) is 23.4. The molecular weight excluding hydrogens is 647 g/mol. The van der Waals surface area contributed by atoms with Gasteiger partial charge in [-0.3, -0.25) is 4.79 Å². The first-order valence-corrected chi connectivity index (χ1v) is 16.8. The predicted octanol–water partition coefficient (Wildman–Crippen LogP) is 7.89. The van der Waals surface area contributed by atoms with Gasteiger partial charge in [-0.25, -0.2) is 18.9 Å². The Balaban J connectivity index is 1.55. The van der Waals surface area contributed by atoms with Crippen LogP contribution in [0.2, 0.25) is 0 Å². The number of hydrogen-bond donors (Lipinski definition) is 2. The molecule has 0 bridgehead atoms. The number of hydrogen-bond acceptors (Lipinski definition) is 8. The van der Waals surface area contributed by atoms with Crippen molar-refractivity contribution in [3.8, 4) is 11.5 Å². The molecule has 0 spiro atoms. The largest absolute Gasteiger partial charge is 0.497 e. The normalized spacial score (nSPS) is 16.3. The monoisotopic (exact) mass is 686 g/mol. The number of carbonyl (C=O) groups excluding carboxylic acids is 2. The van der Waals surface area contributed by atoms with E-state index < -0.39 is 52.6 Å². The maximum Gasteiger partial charge on any atom is 0.417 e. The Morgan fingerprint density at radius 2 is 1.59 bits per heavy atom. The number of halogens is 1. The second-order valence-electron chi connectivity index (χ2n) is 12.7. The maximum absolute atomic E-state index is 14.7. The second kappa shape index (κ2) is 15.5. The van der Waals surface area contributed by atoms with E-state index in [1.165, 1.54) is 28.8 Å². The SMILES string of the molecule is COc1ccc(CSC(C(=O)N2C(=O)OC[C@@H]2c2ccccc2)[C@H](Nc2ccc(F)cc2)c2ccc(OC(C(=O)O)C(C)(C)C)cc2)cc1. The van der Waals surface area contributed by atoms with E-state index >= 15 is 0 Å². The van der Waals surface area contributed by atoms with Crippen LogP contribution in [0.4, 0.5) is 14.9 Å². The molecule has 2 unspecified atom stereocenters. The number of carbonyl (C=O) groups is 3. The Morgan fingerprint density at radius 3 is 2.18 bits per heavy atom. The first kappa shape index (κ1) is 35.3. The minimum absolute atomic E-state index is 0.0189. The summed E-state index contributed by atoms with van der Waals surface area (Å²) in [7, 11) is 1.59. The van der Waals surface area contributed by atoms with Crippen molar-refractivity contribution in [1.82, 2.24) is 4.90 Å². The molecule has 2 amide bonds. The van der Waals surface area contributed by atoms with E-state index in [0.717, 1.165) is 11.1 Å². The molecule has 1 saturated heterocycles. The Bertz CT molecular complexity index is 1730. The van der Waals surface area contributed by atoms with Gasteiger partial charge in [-0.2, -0.15) is 0 Å². The van der Waals surface area contributed by atoms with Crippen LogP contribution in [0.5, 0.6) is 11.5 Å². The fourth-order valence-electron chi connectivity index (χ4n) is 5.49. The van der Waals surface area contributed by atoms with Crippen molar-refractivity contribution in [3.63, 3.8) is 0 Å². The van der Waals surface area contributed by atoms with Crippen LogP contribution in [-0.4, -0.2) is 53.0 Å². The van der Waals surface area contributed by atoms with Crippen molar-refractivity contribution in [2.24, 2.45) is 5.41 Å². The quantitative estimate of drug-likeness (QED) is 0.145. The lowest BCUT2D eigenvalue weighted by atomic mass is 9.89. The van der Waals surface area contributed by atoms with Crippen LogP contribution >= 0.6 is 11.8 Å². The molecule has 2 N–H and O–H groups in total. The number of rotatable bonds is 13. The summed E-state index contributed by atoms with van der Waals surface area (Å²) in [5.74, 6) is -0.516. The molecule has 1 heterocycles. The van der Waals surface area contributed by atoms with Crippen molar-refractivity contribution < 1.29 is 38.1 Å². The minimum atomic E-state index is -1.10. The summed E-state index contributed by atoms with van der Waals surface area (Å²) in [5.41, 5.74) is 2.22. The molecule has 0 aliphatic carbocycles. The van der Waals surface area contributed by atoms with Crippen LogP contribution in [0.15, 0.2) is 103 Å². The number of aliphatic carboxylic acids is 1. The average Bonchev–Trinajstić information content (AvgIpc) is 3.49. The zero-order chi connectivity index (χ0) is 35.1. The second-order valence-corrected chi connectivity index (χ2v) is 13.8. The van der Waals surface area contributed by atoms with Gasteiger partial charge in [-0.05, 0) is 65.2 Å². The van der Waals surface area contributed by atoms with Crippen molar-refractivity contribution >= 4 is 35.4 Å². The van der Waals surface area contributed by atoms with Gasteiger partial charge in [0.05, 0.1) is 13.2 Å². The van der Waals surface area contributed by atoms with Crippen molar-refractivity contribution in [2.45, 2.75) is 50.0 Å². The van der Waals surface area contributed by atoms with E-state index in [1.54, 1.807) is 64.3 Å². The number of carboxylic acids is 1. The molecule has 0 aromatic heterocycles. The summed E-state index contributed by atoms with van der Waals surface area (Å²) in [4.78, 5) is 41.1. The van der Waals surface area contributed by atoms with Crippen molar-refractivity contribution in [2.75, 3.05) is 19.0 Å². The van der Waals surface area contributed by atoms with Gasteiger partial charge in [0, 0.05) is 16.9 Å². The third-order valence-electron chi connectivity index (χ3n) is 8.10. The highest BCUT2D eigenvalue weighted by Gasteiger charge is 2.44. The van der Waals surface area contributed by atoms with Crippen LogP contribution < -0.4 is 14.8 Å². The average molecular weight is 687 g/mol. The highest BCUT2D eigenvalue weighted by atomic mass is 32.2. The summed E-state index contributed by atoms with van der Waals surface area (Å²) in [6.45, 7) is 5.37. The van der Waals surface area contributed by atoms with Gasteiger partial charge in [0.1, 0.15) is 35.2 Å². The molecule has 0 radical (unpaired) electrons. The zero-order valence-corrected chi connectivity index (χ0v) is 28.5. The summed E-state index contributed by atoms with van der Waals surface area (Å²) < 4.78 is 30.5. The van der Waals surface area contributed by atoms with E-state index in [9.17, 15) is 23.9 Å². The standard InChI is InChI=1S/C38H39FN2O7S/c1-38(2,3)34(36(43)44)48-30-20-12-26(13-21-30)32(40-28-16-14-27(39)15-17-28)33(49-23-24-10-18-29(46-4)19-11-24)35(42)41-31(22-47-37(41)45)25-8-6-5-7-9-25/h5-21,31-34,40H,22-23H2,1-4H3,(H,43,44)/t31-,32-,33?,34?/m1/s1. The summed E-state index contributed by atoms with van der Waals surface area (Å²) in [5, 5.41) is 12.3. The molecule has 4 atom stereocenters. The molecule has 0 saturated carbocycles. The Hall–Kier alpha value is -5.03. The number of benzene rings is 4. The van der Waals surface area contributed by atoms with Crippen LogP contribution in [-0.2, 0) is 20.1 Å². The topological polar surface area (TPSA) is 114 Å². The van der Waals surface area contributed by atoms with Gasteiger partial charge in [0.2, 0.25) is 5.91 Å². The highest BCUT2D eigenvalue weighted by Crippen LogP contribution is 2.38. The Morgan fingerprint density at radius 1 is 0.959 bits per heavy atom. The van der Waals surface area contributed by atoms with Crippen LogP contribution in [0.1, 0.15) is 49.5 Å². The van der Waals surface area contributed by atoms with E-state index in [4.69, 9.17) is 14.2 Å². The molecule has 4 aromatic carbocycles. The molecular formula is C38H39FN2O7S. The number of nitrogens with zero attached hydrogens (tertiary/aromatic N) is 1. The van der Waals surface area contributed by atoms with Gasteiger partial charge >= 0.3 is 12.1 Å². The predicted molar refractivity (Wildman–Crippen MR) is 186 cm³/mol. The number of cyclic esters (lactones) is 1. The zero-order valence-electron chi connectivity index (χ0n) is 27.7. The number of imide groups is 1. The van der Waals surface area contributed by atoms with Crippen molar-refractivity contribution in [3.05, 3.63) is 126 Å². The van der Waals surface area contributed by atoms with E-state index in [2.05, 4.69) is 5.32 Å². The molecule has 1 fully saturated rings. The van der Waals surface area contributed by atoms with Crippen LogP contribution in [0.3, 0.4) is 0 Å². The number of thioether (sulfide) groups is 1. The van der Waals surface area contributed by atoms with Gasteiger partial charge in [0.15, 0.2) is 6.10 Å². The van der Waals surface area contributed by atoms with Gasteiger partial charge < -0.3 is 24.6 Å². The number of methoxy groups -OCH3 is 1. The summed E-state index contributed by atoms with van der Waals surface area (Å²) >= 11 is 1.34. The minimum Gasteiger partial charge on any atom is -0.497 e. The number of carboxylic acid groups (broad SMARTS) is 1. The molecule has 5 rings (SSSR count). The smallest absolute Gasteiger partial charge is 0.417 e. The lowest BCUT2D eigenvalue weighted by Gasteiger charge is -2.32. The lowest BCUT2D eigenvalue weighted by Crippen LogP contribution is -2.44. The highest BCUT2D eigenvalue weighted by molar-refractivity contribution is 7.99. The number of nitrogens with one attached hydrogen (secondary N) is 1. The molecule has 49 heavy (non-hydrogen) atoms. The van der Waals surface area contributed by atoms with Gasteiger partial charge in [0.25, 0.3) is 0 Å². The van der Waals surface area contributed by atoms with Crippen LogP contribution in [0, 0.1) is 11.2 Å². The Kier molecular flexibility index (Phi) is 11.1. The molecule has 11 heteroatoms. The van der Waals surface area contributed by atoms with E-state index in [1.807, 2.05) is 54.6 Å². The Labute approximate surface area is 289 Å². The lowest BCUT2D eigenvalue weighted by molar-refractivity contribution is -0.150. The summed E-state index contributed by atoms with van der Waals surface area (Å²) in [6, 6.07) is 28.0. The maximum atomic E-state index is 14.7. The first-order valence-electron chi connectivity index (χ1n) is 15.8. The molecule has 1 aliphatic rings. The molecule has 256 valence electrons. The fourth-order valence-corrected chi connectivity index (χ4v) is 6.73. The molecule has 9 nitrogen and oxygen atoms in total. The third-order valence-corrected chi connectivity index (χ3v) is 9.43. The van der Waals surface area contributed by atoms with E-state index in [0.29, 0.717) is 28.5 Å². The number of anilines is 1.